The van der Waals surface area contributed by atoms with Crippen LogP contribution in [0, 0.1) is 12.7 Å². The molecule has 0 unspecified atom stereocenters. The van der Waals surface area contributed by atoms with Crippen LogP contribution in [0.1, 0.15) is 28.7 Å². The van der Waals surface area contributed by atoms with Crippen LogP contribution in [0.2, 0.25) is 5.02 Å². The molecule has 0 radical (unpaired) electrons. The van der Waals surface area contributed by atoms with Crippen molar-refractivity contribution in [2.75, 3.05) is 18.4 Å². The topological polar surface area (TPSA) is 52.7 Å². The molecule has 33 heavy (non-hydrogen) atoms. The van der Waals surface area contributed by atoms with Gasteiger partial charge in [0.05, 0.1) is 6.54 Å². The molecule has 1 N–H and O–H groups in total. The molecule has 2 aromatic carbocycles. The van der Waals surface area contributed by atoms with Gasteiger partial charge in [0.1, 0.15) is 12.4 Å². The maximum Gasteiger partial charge on any atom is 0.322 e. The van der Waals surface area contributed by atoms with Gasteiger partial charge in [0.2, 0.25) is 5.91 Å². The Morgan fingerprint density at radius 2 is 1.79 bits per heavy atom. The molecule has 0 aliphatic rings. The number of carbonyl (C=O) groups is 2. The molecule has 0 spiro atoms. The van der Waals surface area contributed by atoms with Gasteiger partial charge in [-0.25, -0.2) is 9.18 Å². The zero-order valence-electron chi connectivity index (χ0n) is 18.7. The highest BCUT2D eigenvalue weighted by atomic mass is 35.5. The van der Waals surface area contributed by atoms with Gasteiger partial charge in [-0.1, -0.05) is 36.7 Å². The summed E-state index contributed by atoms with van der Waals surface area (Å²) in [6.45, 7) is 5.08. The summed E-state index contributed by atoms with van der Waals surface area (Å²) in [5.41, 5.74) is 1.39. The Balaban J connectivity index is 1.75. The first kappa shape index (κ1) is 24.7. The minimum atomic E-state index is -0.360. The van der Waals surface area contributed by atoms with Crippen LogP contribution in [0.25, 0.3) is 0 Å². The summed E-state index contributed by atoms with van der Waals surface area (Å²) in [6, 6.07) is 16.6. The number of urea groups is 1. The number of nitrogens with one attached hydrogen (secondary N) is 1. The van der Waals surface area contributed by atoms with Gasteiger partial charge in [0.25, 0.3) is 0 Å². The first-order valence-electron chi connectivity index (χ1n) is 10.7. The lowest BCUT2D eigenvalue weighted by atomic mass is 10.2. The van der Waals surface area contributed by atoms with Crippen LogP contribution in [-0.4, -0.2) is 34.8 Å². The molecule has 8 heteroatoms. The Labute approximate surface area is 202 Å². The second-order valence-corrected chi connectivity index (χ2v) is 9.56. The van der Waals surface area contributed by atoms with E-state index in [-0.39, 0.29) is 24.3 Å². The van der Waals surface area contributed by atoms with E-state index < -0.39 is 0 Å². The van der Waals surface area contributed by atoms with Gasteiger partial charge in [-0.15, -0.1) is 11.3 Å². The van der Waals surface area contributed by atoms with Crippen molar-refractivity contribution in [2.45, 2.75) is 33.4 Å². The molecule has 0 saturated carbocycles. The van der Waals surface area contributed by atoms with Gasteiger partial charge in [-0.3, -0.25) is 4.79 Å². The molecule has 5 nitrogen and oxygen atoms in total. The first-order chi connectivity index (χ1) is 15.8. The highest BCUT2D eigenvalue weighted by Crippen LogP contribution is 2.20. The highest BCUT2D eigenvalue weighted by Gasteiger charge is 2.22. The lowest BCUT2D eigenvalue weighted by Crippen LogP contribution is -2.44. The molecular weight excluding hydrogens is 461 g/mol. The fourth-order valence-corrected chi connectivity index (χ4v) is 4.45. The minimum Gasteiger partial charge on any atom is -0.332 e. The average Bonchev–Trinajstić information content (AvgIpc) is 3.19. The van der Waals surface area contributed by atoms with E-state index in [4.69, 9.17) is 11.6 Å². The summed E-state index contributed by atoms with van der Waals surface area (Å²) in [6.07, 6.45) is 0.707. The Bertz CT molecular complexity index is 1090. The molecule has 0 atom stereocenters. The van der Waals surface area contributed by atoms with Crippen LogP contribution >= 0.6 is 22.9 Å². The maximum absolute atomic E-state index is 13.3. The van der Waals surface area contributed by atoms with Crippen LogP contribution < -0.4 is 5.32 Å². The van der Waals surface area contributed by atoms with Crippen LogP contribution in [0.5, 0.6) is 0 Å². The predicted molar refractivity (Wildman–Crippen MR) is 132 cm³/mol. The zero-order valence-corrected chi connectivity index (χ0v) is 20.3. The number of hydrogen-bond acceptors (Lipinski definition) is 3. The molecule has 174 valence electrons. The fourth-order valence-electron chi connectivity index (χ4n) is 3.36. The van der Waals surface area contributed by atoms with Crippen LogP contribution in [-0.2, 0) is 17.9 Å². The van der Waals surface area contributed by atoms with Crippen molar-refractivity contribution in [1.82, 2.24) is 9.80 Å². The Hall–Kier alpha value is -2.90. The number of amides is 3. The Kier molecular flexibility index (Phi) is 8.86. The van der Waals surface area contributed by atoms with Crippen molar-refractivity contribution in [1.29, 1.82) is 0 Å². The normalized spacial score (nSPS) is 10.7. The summed E-state index contributed by atoms with van der Waals surface area (Å²) < 4.78 is 13.3. The molecule has 1 heterocycles. The van der Waals surface area contributed by atoms with Gasteiger partial charge < -0.3 is 15.1 Å². The minimum absolute atomic E-state index is 0.0637. The number of aryl methyl sites for hydroxylation is 1. The van der Waals surface area contributed by atoms with Gasteiger partial charge in [0, 0.05) is 33.6 Å². The predicted octanol–water partition coefficient (Wildman–Crippen LogP) is 6.32. The number of thiophene rings is 1. The van der Waals surface area contributed by atoms with Gasteiger partial charge in [0.15, 0.2) is 0 Å². The lowest BCUT2D eigenvalue weighted by molar-refractivity contribution is -0.133. The van der Waals surface area contributed by atoms with Crippen molar-refractivity contribution in [2.24, 2.45) is 0 Å². The van der Waals surface area contributed by atoms with Crippen molar-refractivity contribution < 1.29 is 14.0 Å². The zero-order chi connectivity index (χ0) is 23.8. The van der Waals surface area contributed by atoms with E-state index in [1.807, 2.05) is 26.0 Å². The fraction of sp³-hybridized carbons (Fsp3) is 0.280. The molecule has 3 rings (SSSR count). The summed E-state index contributed by atoms with van der Waals surface area (Å²) in [7, 11) is 0. The number of hydrogen-bond donors (Lipinski definition) is 1. The molecule has 3 amide bonds. The highest BCUT2D eigenvalue weighted by molar-refractivity contribution is 7.11. The van der Waals surface area contributed by atoms with Crippen LogP contribution in [0.3, 0.4) is 0 Å². The summed E-state index contributed by atoms with van der Waals surface area (Å²) >= 11 is 7.64. The smallest absolute Gasteiger partial charge is 0.322 e. The largest absolute Gasteiger partial charge is 0.332 e. The number of rotatable bonds is 9. The number of halogens is 2. The molecule has 0 aliphatic heterocycles. The molecule has 3 aromatic rings. The SMILES string of the molecule is CCCN(CC(=O)N(Cc1ccc(F)cc1)Cc1ccc(C)s1)C(=O)Nc1cccc(Cl)c1. The number of nitrogens with zero attached hydrogens (tertiary/aromatic N) is 2. The molecule has 0 aliphatic carbocycles. The van der Waals surface area contributed by atoms with Gasteiger partial charge in [-0.2, -0.15) is 0 Å². The van der Waals surface area contributed by atoms with Crippen LogP contribution in [0.15, 0.2) is 60.7 Å². The Morgan fingerprint density at radius 3 is 2.42 bits per heavy atom. The summed E-state index contributed by atoms with van der Waals surface area (Å²) in [5, 5.41) is 3.33. The van der Waals surface area contributed by atoms with Crippen LogP contribution in [0.4, 0.5) is 14.9 Å². The number of benzene rings is 2. The van der Waals surface area contributed by atoms with Crippen molar-refractivity contribution in [3.05, 3.63) is 86.8 Å². The maximum atomic E-state index is 13.3. The van der Waals surface area contributed by atoms with Crippen molar-refractivity contribution in [3.63, 3.8) is 0 Å². The van der Waals surface area contributed by atoms with E-state index in [1.165, 1.54) is 17.0 Å². The van der Waals surface area contributed by atoms with Crippen molar-refractivity contribution in [3.8, 4) is 0 Å². The Morgan fingerprint density at radius 1 is 1.03 bits per heavy atom. The van der Waals surface area contributed by atoms with E-state index in [9.17, 15) is 14.0 Å². The van der Waals surface area contributed by atoms with Crippen molar-refractivity contribution >= 4 is 40.6 Å². The lowest BCUT2D eigenvalue weighted by Gasteiger charge is -2.27. The van der Waals surface area contributed by atoms with Gasteiger partial charge >= 0.3 is 6.03 Å². The molecule has 0 fully saturated rings. The van der Waals surface area contributed by atoms with E-state index in [0.717, 1.165) is 15.3 Å². The van der Waals surface area contributed by atoms with E-state index in [2.05, 4.69) is 5.32 Å². The number of anilines is 1. The molecular formula is C25H27ClFN3O2S. The summed E-state index contributed by atoms with van der Waals surface area (Å²) in [5.74, 6) is -0.502. The second-order valence-electron chi connectivity index (χ2n) is 7.75. The van der Waals surface area contributed by atoms with Gasteiger partial charge in [-0.05, 0) is 61.4 Å². The molecule has 1 aromatic heterocycles. The monoisotopic (exact) mass is 487 g/mol. The average molecular weight is 488 g/mol. The third-order valence-corrected chi connectivity index (χ3v) is 6.19. The third kappa shape index (κ3) is 7.58. The quantitative estimate of drug-likeness (QED) is 0.384. The van der Waals surface area contributed by atoms with E-state index in [0.29, 0.717) is 36.8 Å². The third-order valence-electron chi connectivity index (χ3n) is 4.96. The van der Waals surface area contributed by atoms with E-state index >= 15 is 0 Å². The molecule has 0 saturated heterocycles. The molecule has 0 bridgehead atoms. The number of carbonyl (C=O) groups excluding carboxylic acids is 2. The standard InChI is InChI=1S/C25H27ClFN3O2S/c1-3-13-29(25(32)28-22-6-4-5-20(26)14-22)17-24(31)30(16-23-12-7-18(2)33-23)15-19-8-10-21(27)11-9-19/h4-12,14H,3,13,15-17H2,1-2H3,(H,28,32). The summed E-state index contributed by atoms with van der Waals surface area (Å²) in [4.78, 5) is 31.6. The first-order valence-corrected chi connectivity index (χ1v) is 11.9. The van der Waals surface area contributed by atoms with E-state index in [1.54, 1.807) is 52.6 Å². The second kappa shape index (κ2) is 11.8.